The van der Waals surface area contributed by atoms with Crippen LogP contribution in [0.15, 0.2) is 0 Å². The van der Waals surface area contributed by atoms with Crippen LogP contribution in [0.3, 0.4) is 0 Å². The lowest BCUT2D eigenvalue weighted by molar-refractivity contribution is 0.166. The average molecular weight is 244 g/mol. The van der Waals surface area contributed by atoms with Gasteiger partial charge < -0.3 is 10.2 Å². The van der Waals surface area contributed by atoms with Gasteiger partial charge in [0.1, 0.15) is 6.17 Å². The lowest BCUT2D eigenvalue weighted by Gasteiger charge is -2.34. The quantitative estimate of drug-likeness (QED) is 0.800. The minimum atomic E-state index is -0.680. The molecule has 1 fully saturated rings. The highest BCUT2D eigenvalue weighted by Gasteiger charge is 2.42. The maximum Gasteiger partial charge on any atom is 0.116 e. The lowest BCUT2D eigenvalue weighted by Crippen LogP contribution is -2.48. The second-order valence-electron chi connectivity index (χ2n) is 7.30. The zero-order valence-electron chi connectivity index (χ0n) is 12.3. The van der Waals surface area contributed by atoms with Crippen molar-refractivity contribution < 1.29 is 4.39 Å². The van der Waals surface area contributed by atoms with Crippen LogP contribution in [0.25, 0.3) is 0 Å². The van der Waals surface area contributed by atoms with E-state index in [1.165, 1.54) is 0 Å². The highest BCUT2D eigenvalue weighted by molar-refractivity contribution is 4.97. The first-order valence-corrected chi connectivity index (χ1v) is 6.66. The first kappa shape index (κ1) is 14.9. The van der Waals surface area contributed by atoms with Crippen molar-refractivity contribution >= 4 is 0 Å². The Bertz CT molecular complexity index is 249. The van der Waals surface area contributed by atoms with Crippen molar-refractivity contribution in [1.29, 1.82) is 0 Å². The van der Waals surface area contributed by atoms with E-state index in [1.807, 2.05) is 0 Å². The summed E-state index contributed by atoms with van der Waals surface area (Å²) in [4.78, 5) is 2.19. The van der Waals surface area contributed by atoms with Gasteiger partial charge in [0.05, 0.1) is 0 Å². The van der Waals surface area contributed by atoms with Crippen LogP contribution in [0.1, 0.15) is 40.5 Å². The lowest BCUT2D eigenvalue weighted by atomic mass is 9.85. The normalized spacial score (nSPS) is 28.9. The molecule has 1 aliphatic rings. The SMILES string of the molecule is CN(C)CC(C)(C)CNC1C(F)CCC1(C)C. The van der Waals surface area contributed by atoms with Gasteiger partial charge in [-0.15, -0.1) is 0 Å². The summed E-state index contributed by atoms with van der Waals surface area (Å²) in [6.45, 7) is 10.7. The molecule has 0 aliphatic heterocycles. The first-order chi connectivity index (χ1) is 7.64. The largest absolute Gasteiger partial charge is 0.310 e. The molecule has 0 saturated heterocycles. The van der Waals surface area contributed by atoms with E-state index in [2.05, 4.69) is 52.0 Å². The van der Waals surface area contributed by atoms with Crippen LogP contribution in [0.2, 0.25) is 0 Å². The summed E-state index contributed by atoms with van der Waals surface area (Å²) in [7, 11) is 4.17. The van der Waals surface area contributed by atoms with Crippen molar-refractivity contribution in [3.63, 3.8) is 0 Å². The zero-order valence-corrected chi connectivity index (χ0v) is 12.3. The van der Waals surface area contributed by atoms with Crippen LogP contribution >= 0.6 is 0 Å². The maximum absolute atomic E-state index is 13.8. The second kappa shape index (κ2) is 5.23. The second-order valence-corrected chi connectivity index (χ2v) is 7.30. The average Bonchev–Trinajstić information content (AvgIpc) is 2.36. The van der Waals surface area contributed by atoms with Crippen molar-refractivity contribution in [2.75, 3.05) is 27.2 Å². The monoisotopic (exact) mass is 244 g/mol. The number of hydrogen-bond donors (Lipinski definition) is 1. The Morgan fingerprint density at radius 1 is 1.35 bits per heavy atom. The predicted molar refractivity (Wildman–Crippen MR) is 72.0 cm³/mol. The van der Waals surface area contributed by atoms with E-state index in [4.69, 9.17) is 0 Å². The molecule has 2 atom stereocenters. The Labute approximate surface area is 106 Å². The molecule has 0 bridgehead atoms. The molecule has 2 unspecified atom stereocenters. The van der Waals surface area contributed by atoms with Gasteiger partial charge in [-0.2, -0.15) is 0 Å². The standard InChI is InChI=1S/C14H29FN2/c1-13(2,10-17(5)6)9-16-12-11(15)7-8-14(12,3)4/h11-12,16H,7-10H2,1-6H3. The molecular formula is C14H29FN2. The molecule has 3 heteroatoms. The highest BCUT2D eigenvalue weighted by atomic mass is 19.1. The minimum absolute atomic E-state index is 0.0175. The smallest absolute Gasteiger partial charge is 0.116 e. The molecule has 0 heterocycles. The summed E-state index contributed by atoms with van der Waals surface area (Å²) in [6.07, 6.45) is 1.01. The summed E-state index contributed by atoms with van der Waals surface area (Å²) in [5.74, 6) is 0. The van der Waals surface area contributed by atoms with E-state index in [-0.39, 0.29) is 16.9 Å². The highest BCUT2D eigenvalue weighted by Crippen LogP contribution is 2.39. The van der Waals surface area contributed by atoms with Crippen LogP contribution < -0.4 is 5.32 Å². The molecule has 0 spiro atoms. The molecule has 1 saturated carbocycles. The third-order valence-electron chi connectivity index (χ3n) is 3.81. The molecule has 102 valence electrons. The maximum atomic E-state index is 13.8. The van der Waals surface area contributed by atoms with E-state index in [0.717, 1.165) is 19.5 Å². The van der Waals surface area contributed by atoms with Crippen LogP contribution in [-0.2, 0) is 0 Å². The number of alkyl halides is 1. The predicted octanol–water partition coefficient (Wildman–Crippen LogP) is 2.69. The summed E-state index contributed by atoms with van der Waals surface area (Å²) < 4.78 is 13.8. The van der Waals surface area contributed by atoms with E-state index in [1.54, 1.807) is 0 Å². The van der Waals surface area contributed by atoms with Crippen LogP contribution in [0, 0.1) is 10.8 Å². The molecule has 0 aromatic heterocycles. The fraction of sp³-hybridized carbons (Fsp3) is 1.00. The molecule has 2 nitrogen and oxygen atoms in total. The van der Waals surface area contributed by atoms with Gasteiger partial charge >= 0.3 is 0 Å². The molecule has 17 heavy (non-hydrogen) atoms. The fourth-order valence-corrected chi connectivity index (χ4v) is 3.02. The Morgan fingerprint density at radius 3 is 2.35 bits per heavy atom. The number of nitrogens with one attached hydrogen (secondary N) is 1. The summed E-state index contributed by atoms with van der Waals surface area (Å²) in [6, 6.07) is 0.0175. The Morgan fingerprint density at radius 2 is 1.94 bits per heavy atom. The van der Waals surface area contributed by atoms with Gasteiger partial charge in [0.25, 0.3) is 0 Å². The van der Waals surface area contributed by atoms with Crippen LogP contribution in [0.5, 0.6) is 0 Å². The van der Waals surface area contributed by atoms with Gasteiger partial charge in [-0.05, 0) is 37.8 Å². The van der Waals surface area contributed by atoms with Crippen molar-refractivity contribution in [2.45, 2.75) is 52.8 Å². The Hall–Kier alpha value is -0.150. The number of hydrogen-bond acceptors (Lipinski definition) is 2. The zero-order chi connectivity index (χ0) is 13.3. The van der Waals surface area contributed by atoms with Gasteiger partial charge in [0.2, 0.25) is 0 Å². The summed E-state index contributed by atoms with van der Waals surface area (Å²) in [5.41, 5.74) is 0.273. The van der Waals surface area contributed by atoms with E-state index < -0.39 is 6.17 Å². The van der Waals surface area contributed by atoms with Gasteiger partial charge in [-0.1, -0.05) is 27.7 Å². The Kier molecular flexibility index (Phi) is 4.59. The van der Waals surface area contributed by atoms with Gasteiger partial charge in [-0.25, -0.2) is 4.39 Å². The molecule has 0 aromatic carbocycles. The third kappa shape index (κ3) is 4.22. The molecular weight excluding hydrogens is 215 g/mol. The number of rotatable bonds is 5. The van der Waals surface area contributed by atoms with Gasteiger partial charge in [0.15, 0.2) is 0 Å². The first-order valence-electron chi connectivity index (χ1n) is 6.66. The summed E-state index contributed by atoms with van der Waals surface area (Å²) >= 11 is 0. The molecule has 0 amide bonds. The molecule has 1 aliphatic carbocycles. The van der Waals surface area contributed by atoms with Gasteiger partial charge in [0, 0.05) is 19.1 Å². The molecule has 1 rings (SSSR count). The number of nitrogens with zero attached hydrogens (tertiary/aromatic N) is 1. The Balaban J connectivity index is 2.49. The topological polar surface area (TPSA) is 15.3 Å². The van der Waals surface area contributed by atoms with E-state index >= 15 is 0 Å². The molecule has 0 radical (unpaired) electrons. The van der Waals surface area contributed by atoms with Crippen molar-refractivity contribution in [1.82, 2.24) is 10.2 Å². The third-order valence-corrected chi connectivity index (χ3v) is 3.81. The fourth-order valence-electron chi connectivity index (χ4n) is 3.02. The summed E-state index contributed by atoms with van der Waals surface area (Å²) in [5, 5.41) is 3.47. The van der Waals surface area contributed by atoms with Crippen LogP contribution in [0.4, 0.5) is 4.39 Å². The van der Waals surface area contributed by atoms with Crippen LogP contribution in [-0.4, -0.2) is 44.3 Å². The molecule has 1 N–H and O–H groups in total. The minimum Gasteiger partial charge on any atom is -0.310 e. The van der Waals surface area contributed by atoms with Crippen molar-refractivity contribution in [3.8, 4) is 0 Å². The molecule has 0 aromatic rings. The number of halogens is 1. The van der Waals surface area contributed by atoms with Crippen molar-refractivity contribution in [2.24, 2.45) is 10.8 Å². The van der Waals surface area contributed by atoms with Gasteiger partial charge in [-0.3, -0.25) is 0 Å². The van der Waals surface area contributed by atoms with E-state index in [9.17, 15) is 4.39 Å². The van der Waals surface area contributed by atoms with Crippen molar-refractivity contribution in [3.05, 3.63) is 0 Å². The van der Waals surface area contributed by atoms with E-state index in [0.29, 0.717) is 6.42 Å².